The molecule has 11 nitrogen and oxygen atoms in total. The van der Waals surface area contributed by atoms with Gasteiger partial charge < -0.3 is 30.4 Å². The lowest BCUT2D eigenvalue weighted by atomic mass is 10.1. The lowest BCUT2D eigenvalue weighted by Gasteiger charge is -2.21. The first-order valence-corrected chi connectivity index (χ1v) is 13.8. The van der Waals surface area contributed by atoms with Crippen LogP contribution in [0.25, 0.3) is 11.0 Å². The predicted molar refractivity (Wildman–Crippen MR) is 154 cm³/mol. The van der Waals surface area contributed by atoms with Crippen LogP contribution in [-0.2, 0) is 9.53 Å². The molecular formula is C30H34FN7O4. The van der Waals surface area contributed by atoms with Crippen LogP contribution in [0.15, 0.2) is 12.1 Å². The Labute approximate surface area is 243 Å². The molecule has 1 aliphatic carbocycles. The van der Waals surface area contributed by atoms with E-state index in [2.05, 4.69) is 43.6 Å². The lowest BCUT2D eigenvalue weighted by Crippen LogP contribution is -2.37. The Morgan fingerprint density at radius 3 is 2.62 bits per heavy atom. The lowest BCUT2D eigenvalue weighted by molar-refractivity contribution is -0.126. The van der Waals surface area contributed by atoms with Gasteiger partial charge in [-0.05, 0) is 57.9 Å². The van der Waals surface area contributed by atoms with E-state index in [1.54, 1.807) is 29.8 Å². The molecule has 2 amide bonds. The summed E-state index contributed by atoms with van der Waals surface area (Å²) >= 11 is 0. The number of anilines is 1. The maximum Gasteiger partial charge on any atom is 0.298 e. The van der Waals surface area contributed by atoms with Crippen LogP contribution in [0, 0.1) is 36.4 Å². The van der Waals surface area contributed by atoms with Gasteiger partial charge in [0, 0.05) is 32.8 Å². The molecule has 4 N–H and O–H groups in total. The number of aryl methyl sites for hydroxylation is 1. The maximum absolute atomic E-state index is 15.2. The number of aliphatic hydroxyl groups is 1. The molecule has 2 aromatic heterocycles. The third-order valence-corrected chi connectivity index (χ3v) is 7.41. The standard InChI is InChI=1S/C30H34FN7O4/c1-17-34-24-12-18(22(31)14-25(24)37(17)19-7-8-19)6-9-23-27(28(32)40)29(33-4)38(35-23)20-13-21(16-42-5)36(15-20)26(39)10-11-30(2,3)41/h12,14,19-21,33,41H,7-8,13,15-16H2,1-5H3,(H2,32,40)/t20-,21+/m0/s1. The van der Waals surface area contributed by atoms with Gasteiger partial charge in [0.2, 0.25) is 0 Å². The second-order valence-corrected chi connectivity index (χ2v) is 11.2. The summed E-state index contributed by atoms with van der Waals surface area (Å²) in [6, 6.07) is 2.73. The first-order chi connectivity index (χ1) is 19.9. The minimum atomic E-state index is -1.32. The number of fused-ring (bicyclic) bond motifs is 1. The number of primary amides is 1. The van der Waals surface area contributed by atoms with Crippen LogP contribution < -0.4 is 11.1 Å². The average molecular weight is 576 g/mol. The predicted octanol–water partition coefficient (Wildman–Crippen LogP) is 2.12. The van der Waals surface area contributed by atoms with Crippen molar-refractivity contribution >= 4 is 28.7 Å². The molecule has 0 unspecified atom stereocenters. The van der Waals surface area contributed by atoms with E-state index < -0.39 is 23.2 Å². The Morgan fingerprint density at radius 1 is 1.26 bits per heavy atom. The number of imidazole rings is 1. The van der Waals surface area contributed by atoms with Gasteiger partial charge in [-0.3, -0.25) is 9.59 Å². The number of carbonyl (C=O) groups excluding carboxylic acids is 2. The van der Waals surface area contributed by atoms with E-state index in [1.807, 2.05) is 6.92 Å². The molecular weight excluding hydrogens is 541 g/mol. The second-order valence-electron chi connectivity index (χ2n) is 11.2. The van der Waals surface area contributed by atoms with Crippen LogP contribution in [0.2, 0.25) is 0 Å². The number of nitrogens with two attached hydrogens (primary N) is 1. The monoisotopic (exact) mass is 575 g/mol. The summed E-state index contributed by atoms with van der Waals surface area (Å²) in [6.07, 6.45) is 2.56. The van der Waals surface area contributed by atoms with Gasteiger partial charge in [0.15, 0.2) is 5.69 Å². The number of likely N-dealkylation sites (tertiary alicyclic amines) is 1. The van der Waals surface area contributed by atoms with Crippen molar-refractivity contribution in [3.8, 4) is 23.7 Å². The molecule has 220 valence electrons. The van der Waals surface area contributed by atoms with Gasteiger partial charge in [0.1, 0.15) is 28.6 Å². The molecule has 0 bridgehead atoms. The quantitative estimate of drug-likeness (QED) is 0.383. The van der Waals surface area contributed by atoms with Gasteiger partial charge in [0.25, 0.3) is 11.8 Å². The largest absolute Gasteiger partial charge is 0.383 e. The maximum atomic E-state index is 15.2. The minimum Gasteiger partial charge on any atom is -0.383 e. The zero-order valence-corrected chi connectivity index (χ0v) is 24.3. The Morgan fingerprint density at radius 2 is 2.00 bits per heavy atom. The van der Waals surface area contributed by atoms with Gasteiger partial charge in [-0.2, -0.15) is 5.10 Å². The Balaban J connectivity index is 1.50. The smallest absolute Gasteiger partial charge is 0.298 e. The number of ether oxygens (including phenoxy) is 1. The van der Waals surface area contributed by atoms with E-state index >= 15 is 4.39 Å². The highest BCUT2D eigenvalue weighted by atomic mass is 19.1. The highest BCUT2D eigenvalue weighted by Crippen LogP contribution is 2.39. The Bertz CT molecular complexity index is 1690. The van der Waals surface area contributed by atoms with Crippen molar-refractivity contribution in [2.45, 2.75) is 63.8 Å². The number of nitrogens with one attached hydrogen (secondary N) is 1. The fourth-order valence-corrected chi connectivity index (χ4v) is 5.46. The van der Waals surface area contributed by atoms with E-state index in [0.717, 1.165) is 24.2 Å². The molecule has 12 heteroatoms. The van der Waals surface area contributed by atoms with Crippen molar-refractivity contribution in [1.29, 1.82) is 0 Å². The molecule has 3 heterocycles. The highest BCUT2D eigenvalue weighted by Gasteiger charge is 2.38. The average Bonchev–Trinajstić information content (AvgIpc) is 3.42. The summed E-state index contributed by atoms with van der Waals surface area (Å²) in [6.45, 7) is 5.38. The molecule has 3 aromatic rings. The Kier molecular flexibility index (Phi) is 7.71. The number of nitrogens with zero attached hydrogens (tertiary/aromatic N) is 5. The third-order valence-electron chi connectivity index (χ3n) is 7.41. The third kappa shape index (κ3) is 5.69. The summed E-state index contributed by atoms with van der Waals surface area (Å²) in [5, 5.41) is 17.5. The molecule has 0 spiro atoms. The summed E-state index contributed by atoms with van der Waals surface area (Å²) in [5.41, 5.74) is 6.08. The van der Waals surface area contributed by atoms with E-state index in [1.165, 1.54) is 19.9 Å². The van der Waals surface area contributed by atoms with Crippen molar-refractivity contribution in [2.75, 3.05) is 32.6 Å². The van der Waals surface area contributed by atoms with E-state index in [4.69, 9.17) is 10.5 Å². The van der Waals surface area contributed by atoms with Gasteiger partial charge in [0.05, 0.1) is 35.3 Å². The van der Waals surface area contributed by atoms with Crippen molar-refractivity contribution in [2.24, 2.45) is 5.73 Å². The van der Waals surface area contributed by atoms with E-state index in [9.17, 15) is 14.7 Å². The molecule has 1 aromatic carbocycles. The number of rotatable bonds is 6. The van der Waals surface area contributed by atoms with Crippen LogP contribution in [0.1, 0.15) is 72.6 Å². The van der Waals surface area contributed by atoms with Crippen molar-refractivity contribution in [1.82, 2.24) is 24.2 Å². The van der Waals surface area contributed by atoms with Crippen molar-refractivity contribution in [3.63, 3.8) is 0 Å². The molecule has 1 saturated heterocycles. The Hall–Kier alpha value is -4.39. The fraction of sp³-hybridized carbons (Fsp3) is 0.467. The fourth-order valence-electron chi connectivity index (χ4n) is 5.46. The number of aromatic nitrogens is 4. The number of halogens is 1. The minimum absolute atomic E-state index is 0.0650. The molecule has 42 heavy (non-hydrogen) atoms. The van der Waals surface area contributed by atoms with Gasteiger partial charge in [-0.1, -0.05) is 11.8 Å². The SMILES string of the molecule is CNc1c(C(N)=O)c(C#Cc2cc3nc(C)n(C4CC4)c3cc2F)nn1[C@H]1C[C@H](COC)N(C(=O)C#CC(C)(C)O)C1. The normalized spacial score (nSPS) is 18.4. The van der Waals surface area contributed by atoms with E-state index in [0.29, 0.717) is 23.8 Å². The summed E-state index contributed by atoms with van der Waals surface area (Å²) in [7, 11) is 3.17. The molecule has 1 saturated carbocycles. The number of hydrogen-bond acceptors (Lipinski definition) is 7. The van der Waals surface area contributed by atoms with Crippen LogP contribution in [0.4, 0.5) is 10.2 Å². The zero-order valence-electron chi connectivity index (χ0n) is 24.3. The van der Waals surface area contributed by atoms with Crippen LogP contribution >= 0.6 is 0 Å². The number of hydrogen-bond donors (Lipinski definition) is 3. The highest BCUT2D eigenvalue weighted by molar-refractivity contribution is 6.00. The molecule has 2 atom stereocenters. The van der Waals surface area contributed by atoms with Crippen LogP contribution in [-0.4, -0.2) is 80.1 Å². The molecule has 5 rings (SSSR count). The van der Waals surface area contributed by atoms with Crippen molar-refractivity contribution in [3.05, 3.63) is 40.6 Å². The topological polar surface area (TPSA) is 141 Å². The van der Waals surface area contributed by atoms with Gasteiger partial charge in [-0.25, -0.2) is 14.1 Å². The summed E-state index contributed by atoms with van der Waals surface area (Å²) < 4.78 is 24.2. The number of carbonyl (C=O) groups is 2. The summed E-state index contributed by atoms with van der Waals surface area (Å²) in [5.74, 6) is 10.2. The zero-order chi connectivity index (χ0) is 30.3. The van der Waals surface area contributed by atoms with Gasteiger partial charge in [-0.15, -0.1) is 0 Å². The van der Waals surface area contributed by atoms with Crippen molar-refractivity contribution < 1.29 is 23.8 Å². The van der Waals surface area contributed by atoms with Crippen LogP contribution in [0.3, 0.4) is 0 Å². The number of amides is 2. The first-order valence-electron chi connectivity index (χ1n) is 13.8. The van der Waals surface area contributed by atoms with Crippen LogP contribution in [0.5, 0.6) is 0 Å². The van der Waals surface area contributed by atoms with Gasteiger partial charge >= 0.3 is 0 Å². The molecule has 0 radical (unpaired) electrons. The molecule has 2 aliphatic rings. The first kappa shape index (κ1) is 29.1. The second kappa shape index (κ2) is 11.1. The van der Waals surface area contributed by atoms with E-state index in [-0.39, 0.29) is 42.1 Å². The number of methoxy groups -OCH3 is 1. The molecule has 2 fully saturated rings. The summed E-state index contributed by atoms with van der Waals surface area (Å²) in [4.78, 5) is 31.7. The molecule has 1 aliphatic heterocycles. The number of benzene rings is 1.